The minimum atomic E-state index is -0.372. The molecule has 0 bridgehead atoms. The fourth-order valence-electron chi connectivity index (χ4n) is 1.36. The van der Waals surface area contributed by atoms with Crippen LogP contribution in [0.25, 0.3) is 0 Å². The molecule has 0 amide bonds. The van der Waals surface area contributed by atoms with E-state index in [1.165, 1.54) is 0 Å². The van der Waals surface area contributed by atoms with Gasteiger partial charge in [-0.2, -0.15) is 0 Å². The smallest absolute Gasteiger partial charge is 0.306 e. The molecule has 0 radical (unpaired) electrons. The van der Waals surface area contributed by atoms with Crippen LogP contribution in [-0.4, -0.2) is 18.3 Å². The van der Waals surface area contributed by atoms with Gasteiger partial charge >= 0.3 is 5.97 Å². The van der Waals surface area contributed by atoms with Crippen molar-refractivity contribution in [2.45, 2.75) is 20.0 Å². The molecular weight excluding hydrogens is 254 g/mol. The molecule has 0 aliphatic carbocycles. The van der Waals surface area contributed by atoms with Crippen LogP contribution >= 0.6 is 12.4 Å². The highest BCUT2D eigenvalue weighted by molar-refractivity contribution is 5.86. The monoisotopic (exact) mass is 271 g/mol. The summed E-state index contributed by atoms with van der Waals surface area (Å²) in [4.78, 5) is 22.6. The van der Waals surface area contributed by atoms with E-state index in [1.807, 2.05) is 30.3 Å². The molecule has 0 aliphatic rings. The Kier molecular flexibility index (Phi) is 8.00. The molecule has 1 atom stereocenters. The molecule has 0 aromatic heterocycles. The lowest BCUT2D eigenvalue weighted by Crippen LogP contribution is -2.23. The first kappa shape index (κ1) is 16.6. The summed E-state index contributed by atoms with van der Waals surface area (Å²) in [6.45, 7) is 1.88. The third kappa shape index (κ3) is 5.80. The van der Waals surface area contributed by atoms with E-state index in [4.69, 9.17) is 10.5 Å². The average Bonchev–Trinajstić information content (AvgIpc) is 2.36. The van der Waals surface area contributed by atoms with Crippen molar-refractivity contribution >= 4 is 24.2 Å². The molecule has 4 nitrogen and oxygen atoms in total. The van der Waals surface area contributed by atoms with E-state index in [2.05, 4.69) is 0 Å². The number of hydrogen-bond acceptors (Lipinski definition) is 4. The van der Waals surface area contributed by atoms with Gasteiger partial charge in [-0.3, -0.25) is 9.59 Å². The van der Waals surface area contributed by atoms with E-state index in [9.17, 15) is 9.59 Å². The highest BCUT2D eigenvalue weighted by Crippen LogP contribution is 2.07. The highest BCUT2D eigenvalue weighted by Gasteiger charge is 2.16. The van der Waals surface area contributed by atoms with Crippen LogP contribution in [0.4, 0.5) is 0 Å². The molecule has 0 spiro atoms. The van der Waals surface area contributed by atoms with Crippen LogP contribution in [0.2, 0.25) is 0 Å². The molecule has 0 heterocycles. The second-order valence-electron chi connectivity index (χ2n) is 3.92. The molecule has 1 rings (SSSR count). The number of carbonyl (C=O) groups is 2. The van der Waals surface area contributed by atoms with Crippen molar-refractivity contribution < 1.29 is 14.3 Å². The van der Waals surface area contributed by atoms with Crippen molar-refractivity contribution in [2.24, 2.45) is 11.7 Å². The molecule has 0 saturated heterocycles. The molecular formula is C13H18ClNO3. The van der Waals surface area contributed by atoms with Crippen molar-refractivity contribution in [2.75, 3.05) is 6.54 Å². The number of ether oxygens (including phenoxy) is 1. The van der Waals surface area contributed by atoms with Crippen molar-refractivity contribution in [1.82, 2.24) is 0 Å². The van der Waals surface area contributed by atoms with Gasteiger partial charge < -0.3 is 10.5 Å². The summed E-state index contributed by atoms with van der Waals surface area (Å²) in [7, 11) is 0. The number of ketones is 1. The molecule has 0 aliphatic heterocycles. The van der Waals surface area contributed by atoms with E-state index >= 15 is 0 Å². The largest absolute Gasteiger partial charge is 0.461 e. The molecule has 1 aromatic carbocycles. The summed E-state index contributed by atoms with van der Waals surface area (Å²) in [6.07, 6.45) is 0.0862. The summed E-state index contributed by atoms with van der Waals surface area (Å²) in [5, 5.41) is 0. The normalized spacial score (nSPS) is 11.2. The first-order chi connectivity index (χ1) is 8.13. The SMILES string of the molecule is CC(CC(=O)OCc1ccccc1)C(=O)CN.Cl. The Morgan fingerprint density at radius 1 is 1.28 bits per heavy atom. The zero-order chi connectivity index (χ0) is 12.7. The maximum Gasteiger partial charge on any atom is 0.306 e. The zero-order valence-corrected chi connectivity index (χ0v) is 11.1. The second-order valence-corrected chi connectivity index (χ2v) is 3.92. The minimum absolute atomic E-state index is 0. The lowest BCUT2D eigenvalue weighted by molar-refractivity contribution is -0.147. The van der Waals surface area contributed by atoms with Gasteiger partial charge in [0.15, 0.2) is 0 Å². The van der Waals surface area contributed by atoms with Crippen LogP contribution in [-0.2, 0) is 20.9 Å². The predicted molar refractivity (Wildman–Crippen MR) is 71.3 cm³/mol. The summed E-state index contributed by atoms with van der Waals surface area (Å²) >= 11 is 0. The summed E-state index contributed by atoms with van der Waals surface area (Å²) in [5.74, 6) is -0.868. The standard InChI is InChI=1S/C13H17NO3.ClH/c1-10(12(15)8-14)7-13(16)17-9-11-5-3-2-4-6-11;/h2-6,10H,7-9,14H2,1H3;1H. The van der Waals surface area contributed by atoms with Gasteiger partial charge in [-0.1, -0.05) is 37.3 Å². The zero-order valence-electron chi connectivity index (χ0n) is 10.3. The van der Waals surface area contributed by atoms with E-state index in [1.54, 1.807) is 6.92 Å². The second kappa shape index (κ2) is 8.66. The molecule has 1 unspecified atom stereocenters. The quantitative estimate of drug-likeness (QED) is 0.800. The molecule has 0 fully saturated rings. The molecule has 1 aromatic rings. The lowest BCUT2D eigenvalue weighted by Gasteiger charge is -2.09. The van der Waals surface area contributed by atoms with Crippen LogP contribution in [0.1, 0.15) is 18.9 Å². The minimum Gasteiger partial charge on any atom is -0.461 e. The molecule has 18 heavy (non-hydrogen) atoms. The number of hydrogen-bond donors (Lipinski definition) is 1. The number of Topliss-reactive ketones (excluding diaryl/α,β-unsaturated/α-hetero) is 1. The lowest BCUT2D eigenvalue weighted by atomic mass is 10.0. The van der Waals surface area contributed by atoms with E-state index < -0.39 is 0 Å². The van der Waals surface area contributed by atoms with Gasteiger partial charge in [-0.05, 0) is 5.56 Å². The third-order valence-corrected chi connectivity index (χ3v) is 2.47. The topological polar surface area (TPSA) is 69.4 Å². The van der Waals surface area contributed by atoms with Gasteiger partial charge in [0.05, 0.1) is 13.0 Å². The maximum absolute atomic E-state index is 11.4. The van der Waals surface area contributed by atoms with Gasteiger partial charge in [-0.25, -0.2) is 0 Å². The van der Waals surface area contributed by atoms with Crippen LogP contribution in [0.3, 0.4) is 0 Å². The Labute approximate surface area is 113 Å². The fraction of sp³-hybridized carbons (Fsp3) is 0.385. The van der Waals surface area contributed by atoms with Gasteiger partial charge in [0.25, 0.3) is 0 Å². The number of carbonyl (C=O) groups excluding carboxylic acids is 2. The van der Waals surface area contributed by atoms with E-state index in [-0.39, 0.29) is 49.6 Å². The molecule has 100 valence electrons. The van der Waals surface area contributed by atoms with Gasteiger partial charge in [0.1, 0.15) is 12.4 Å². The third-order valence-electron chi connectivity index (χ3n) is 2.47. The van der Waals surface area contributed by atoms with Crippen molar-refractivity contribution in [3.63, 3.8) is 0 Å². The maximum atomic E-state index is 11.4. The summed E-state index contributed by atoms with van der Waals surface area (Å²) in [6, 6.07) is 9.41. The van der Waals surface area contributed by atoms with Crippen LogP contribution in [0, 0.1) is 5.92 Å². The van der Waals surface area contributed by atoms with E-state index in [0.29, 0.717) is 0 Å². The number of rotatable bonds is 6. The van der Waals surface area contributed by atoms with E-state index in [0.717, 1.165) is 5.56 Å². The molecule has 2 N–H and O–H groups in total. The van der Waals surface area contributed by atoms with Crippen molar-refractivity contribution in [3.05, 3.63) is 35.9 Å². The van der Waals surface area contributed by atoms with Crippen LogP contribution < -0.4 is 5.73 Å². The first-order valence-corrected chi connectivity index (χ1v) is 5.55. The number of nitrogens with two attached hydrogens (primary N) is 1. The van der Waals surface area contributed by atoms with Crippen molar-refractivity contribution in [3.8, 4) is 0 Å². The fourth-order valence-corrected chi connectivity index (χ4v) is 1.36. The Hall–Kier alpha value is -1.39. The Morgan fingerprint density at radius 3 is 2.44 bits per heavy atom. The van der Waals surface area contributed by atoms with Gasteiger partial charge in [0, 0.05) is 5.92 Å². The predicted octanol–water partition coefficient (Wildman–Crippen LogP) is 1.71. The Morgan fingerprint density at radius 2 is 1.89 bits per heavy atom. The Balaban J connectivity index is 0.00000289. The average molecular weight is 272 g/mol. The molecule has 5 heteroatoms. The van der Waals surface area contributed by atoms with Crippen LogP contribution in [0.15, 0.2) is 30.3 Å². The van der Waals surface area contributed by atoms with Crippen LogP contribution in [0.5, 0.6) is 0 Å². The van der Waals surface area contributed by atoms with Gasteiger partial charge in [0.2, 0.25) is 0 Å². The summed E-state index contributed by atoms with van der Waals surface area (Å²) in [5.41, 5.74) is 6.14. The number of esters is 1. The van der Waals surface area contributed by atoms with Crippen molar-refractivity contribution in [1.29, 1.82) is 0 Å². The summed E-state index contributed by atoms with van der Waals surface area (Å²) < 4.78 is 5.06. The highest BCUT2D eigenvalue weighted by atomic mass is 35.5. The Bertz CT molecular complexity index is 381. The van der Waals surface area contributed by atoms with Gasteiger partial charge in [-0.15, -0.1) is 12.4 Å². The number of benzene rings is 1. The number of halogens is 1. The molecule has 0 saturated carbocycles. The first-order valence-electron chi connectivity index (χ1n) is 5.55.